The largest absolute Gasteiger partial charge is 0.481 e. The summed E-state index contributed by atoms with van der Waals surface area (Å²) < 4.78 is 5.65. The van der Waals surface area contributed by atoms with Crippen LogP contribution < -0.4 is 4.90 Å². The quantitative estimate of drug-likeness (QED) is 0.297. The highest BCUT2D eigenvalue weighted by Crippen LogP contribution is 2.35. The maximum atomic E-state index is 12.6. The molecule has 0 saturated carbocycles. The van der Waals surface area contributed by atoms with Crippen LogP contribution in [0.3, 0.4) is 0 Å². The van der Waals surface area contributed by atoms with Gasteiger partial charge in [0.05, 0.1) is 23.0 Å². The van der Waals surface area contributed by atoms with Gasteiger partial charge in [-0.05, 0) is 24.1 Å². The van der Waals surface area contributed by atoms with Crippen LogP contribution in [-0.2, 0) is 14.3 Å². The van der Waals surface area contributed by atoms with Crippen LogP contribution in [-0.4, -0.2) is 64.0 Å². The smallest absolute Gasteiger partial charge is 0.303 e. The molecule has 2 saturated heterocycles. The summed E-state index contributed by atoms with van der Waals surface area (Å²) in [6, 6.07) is 4.86. The van der Waals surface area contributed by atoms with Crippen molar-refractivity contribution in [3.05, 3.63) is 38.8 Å². The molecule has 0 atom stereocenters. The summed E-state index contributed by atoms with van der Waals surface area (Å²) in [6.45, 7) is 2.42. The van der Waals surface area contributed by atoms with Crippen LogP contribution in [0, 0.1) is 10.1 Å². The van der Waals surface area contributed by atoms with Crippen molar-refractivity contribution in [3.8, 4) is 0 Å². The van der Waals surface area contributed by atoms with Gasteiger partial charge in [0.2, 0.25) is 0 Å². The summed E-state index contributed by atoms with van der Waals surface area (Å²) in [6.07, 6.45) is 1.83. The number of nitro groups is 1. The zero-order valence-electron chi connectivity index (χ0n) is 15.4. The SMILES string of the molecule is O=C(O)CCCN1C(=O)C(=Cc2ccc(N3CCOCC3)c([N+](=O)[O-])c2)SC1=S. The highest BCUT2D eigenvalue weighted by Gasteiger charge is 2.32. The van der Waals surface area contributed by atoms with Crippen molar-refractivity contribution < 1.29 is 24.4 Å². The Labute approximate surface area is 176 Å². The Morgan fingerprint density at radius 2 is 2.10 bits per heavy atom. The molecule has 1 N–H and O–H groups in total. The van der Waals surface area contributed by atoms with E-state index in [1.165, 1.54) is 11.0 Å². The molecule has 2 aliphatic rings. The molecule has 0 bridgehead atoms. The number of morpholine rings is 1. The highest BCUT2D eigenvalue weighted by molar-refractivity contribution is 8.26. The minimum absolute atomic E-state index is 0.0300. The number of thiocarbonyl (C=S) groups is 1. The molecule has 3 rings (SSSR count). The number of carboxylic acid groups (broad SMARTS) is 1. The number of nitrogens with zero attached hydrogens (tertiary/aromatic N) is 3. The van der Waals surface area contributed by atoms with Crippen molar-refractivity contribution in [2.45, 2.75) is 12.8 Å². The second-order valence-corrected chi connectivity index (χ2v) is 8.11. The first-order chi connectivity index (χ1) is 13.9. The summed E-state index contributed by atoms with van der Waals surface area (Å²) >= 11 is 6.32. The molecule has 1 amide bonds. The molecule has 2 fully saturated rings. The van der Waals surface area contributed by atoms with Crippen LogP contribution in [0.25, 0.3) is 6.08 Å². The van der Waals surface area contributed by atoms with Crippen molar-refractivity contribution in [1.82, 2.24) is 4.90 Å². The van der Waals surface area contributed by atoms with Gasteiger partial charge in [-0.2, -0.15) is 0 Å². The Balaban J connectivity index is 1.79. The minimum Gasteiger partial charge on any atom is -0.481 e. The Morgan fingerprint density at radius 1 is 1.38 bits per heavy atom. The Kier molecular flexibility index (Phi) is 6.83. The van der Waals surface area contributed by atoms with E-state index in [4.69, 9.17) is 22.1 Å². The van der Waals surface area contributed by atoms with Gasteiger partial charge in [0.15, 0.2) is 0 Å². The maximum Gasteiger partial charge on any atom is 0.303 e. The predicted molar refractivity (Wildman–Crippen MR) is 113 cm³/mol. The number of carboxylic acids is 1. The number of aliphatic carboxylic acids is 1. The fourth-order valence-electron chi connectivity index (χ4n) is 3.08. The first-order valence-corrected chi connectivity index (χ1v) is 10.2. The zero-order valence-corrected chi connectivity index (χ0v) is 17.0. The molecule has 0 aliphatic carbocycles. The maximum absolute atomic E-state index is 12.6. The number of ether oxygens (including phenoxy) is 1. The first kappa shape index (κ1) is 21.2. The average Bonchev–Trinajstić information content (AvgIpc) is 2.95. The van der Waals surface area contributed by atoms with Crippen molar-refractivity contribution in [2.75, 3.05) is 37.7 Å². The molecular weight excluding hydrogens is 418 g/mol. The Morgan fingerprint density at radius 3 is 2.76 bits per heavy atom. The second-order valence-electron chi connectivity index (χ2n) is 6.44. The fraction of sp³-hybridized carbons (Fsp3) is 0.389. The van der Waals surface area contributed by atoms with Gasteiger partial charge in [-0.3, -0.25) is 24.6 Å². The first-order valence-electron chi connectivity index (χ1n) is 8.95. The number of nitro benzene ring substituents is 1. The lowest BCUT2D eigenvalue weighted by molar-refractivity contribution is -0.384. The molecule has 0 spiro atoms. The molecule has 0 aromatic heterocycles. The molecule has 1 aromatic carbocycles. The zero-order chi connectivity index (χ0) is 21.0. The van der Waals surface area contributed by atoms with Crippen molar-refractivity contribution in [3.63, 3.8) is 0 Å². The minimum atomic E-state index is -0.932. The number of carbonyl (C=O) groups excluding carboxylic acids is 1. The topological polar surface area (TPSA) is 113 Å². The lowest BCUT2D eigenvalue weighted by Gasteiger charge is -2.28. The van der Waals surface area contributed by atoms with Crippen LogP contribution >= 0.6 is 24.0 Å². The lowest BCUT2D eigenvalue weighted by Crippen LogP contribution is -2.36. The summed E-state index contributed by atoms with van der Waals surface area (Å²) in [5.74, 6) is -1.25. The van der Waals surface area contributed by atoms with Crippen LogP contribution in [0.5, 0.6) is 0 Å². The van der Waals surface area contributed by atoms with Gasteiger partial charge in [-0.25, -0.2) is 0 Å². The standard InChI is InChI=1S/C18H19N3O6S2/c22-16(23)2-1-5-20-17(24)15(29-18(20)28)11-12-3-4-13(14(10-12)21(25)26)19-6-8-27-9-7-19/h3-4,10-11H,1-2,5-9H2,(H,22,23). The van der Waals surface area contributed by atoms with E-state index in [2.05, 4.69) is 0 Å². The summed E-state index contributed by atoms with van der Waals surface area (Å²) in [5, 5.41) is 20.3. The molecular formula is C18H19N3O6S2. The second kappa shape index (κ2) is 9.33. The number of anilines is 1. The number of hydrogen-bond donors (Lipinski definition) is 1. The van der Waals surface area contributed by atoms with E-state index >= 15 is 0 Å². The molecule has 0 unspecified atom stereocenters. The van der Waals surface area contributed by atoms with Gasteiger partial charge >= 0.3 is 5.97 Å². The van der Waals surface area contributed by atoms with Crippen LogP contribution in [0.1, 0.15) is 18.4 Å². The van der Waals surface area contributed by atoms with Gasteiger partial charge < -0.3 is 14.7 Å². The molecule has 2 aliphatic heterocycles. The fourth-order valence-corrected chi connectivity index (χ4v) is 4.39. The molecule has 0 radical (unpaired) electrons. The van der Waals surface area contributed by atoms with Crippen molar-refractivity contribution >= 4 is 57.6 Å². The molecule has 29 heavy (non-hydrogen) atoms. The number of rotatable bonds is 7. The summed E-state index contributed by atoms with van der Waals surface area (Å²) in [5.41, 5.74) is 1.02. The van der Waals surface area contributed by atoms with Crippen LogP contribution in [0.4, 0.5) is 11.4 Å². The third kappa shape index (κ3) is 5.11. The van der Waals surface area contributed by atoms with Crippen molar-refractivity contribution in [1.29, 1.82) is 0 Å². The molecule has 1 aromatic rings. The van der Waals surface area contributed by atoms with E-state index in [0.29, 0.717) is 53.2 Å². The van der Waals surface area contributed by atoms with Crippen molar-refractivity contribution in [2.24, 2.45) is 0 Å². The summed E-state index contributed by atoms with van der Waals surface area (Å²) in [7, 11) is 0. The predicted octanol–water partition coefficient (Wildman–Crippen LogP) is 2.50. The normalized spacial score (nSPS) is 18.6. The molecule has 154 valence electrons. The Bertz CT molecular complexity index is 882. The highest BCUT2D eigenvalue weighted by atomic mass is 32.2. The third-order valence-electron chi connectivity index (χ3n) is 4.49. The van der Waals surface area contributed by atoms with Gasteiger partial charge in [0.25, 0.3) is 11.6 Å². The molecule has 9 nitrogen and oxygen atoms in total. The van der Waals surface area contributed by atoms with E-state index < -0.39 is 10.9 Å². The molecule has 2 heterocycles. The van der Waals surface area contributed by atoms with Gasteiger partial charge in [-0.1, -0.05) is 30.0 Å². The van der Waals surface area contributed by atoms with Gasteiger partial charge in [0, 0.05) is 32.1 Å². The molecule has 11 heteroatoms. The van der Waals surface area contributed by atoms with E-state index in [1.54, 1.807) is 18.2 Å². The number of carbonyl (C=O) groups is 2. The lowest BCUT2D eigenvalue weighted by atomic mass is 10.1. The van der Waals surface area contributed by atoms with E-state index in [9.17, 15) is 19.7 Å². The van der Waals surface area contributed by atoms with Crippen LogP contribution in [0.15, 0.2) is 23.1 Å². The summed E-state index contributed by atoms with van der Waals surface area (Å²) in [4.78, 5) is 38.0. The number of amides is 1. The number of benzene rings is 1. The van der Waals surface area contributed by atoms with Gasteiger partial charge in [0.1, 0.15) is 10.0 Å². The van der Waals surface area contributed by atoms with Crippen LogP contribution in [0.2, 0.25) is 0 Å². The van der Waals surface area contributed by atoms with Gasteiger partial charge in [-0.15, -0.1) is 0 Å². The average molecular weight is 437 g/mol. The Hall–Kier alpha value is -2.50. The van der Waals surface area contributed by atoms with E-state index in [1.807, 2.05) is 4.90 Å². The number of thioether (sulfide) groups is 1. The third-order valence-corrected chi connectivity index (χ3v) is 5.87. The number of hydrogen-bond acceptors (Lipinski definition) is 8. The van der Waals surface area contributed by atoms with E-state index in [-0.39, 0.29) is 24.6 Å². The van der Waals surface area contributed by atoms with E-state index in [0.717, 1.165) is 11.8 Å². The monoisotopic (exact) mass is 437 g/mol.